The van der Waals surface area contributed by atoms with Gasteiger partial charge in [-0.05, 0) is 11.6 Å². The molecular formula is C18H19N2+. The molecule has 0 unspecified atom stereocenters. The standard InChI is InChI=1S/C18H19N2/c1-19(2)18-15-11-7-8-12-17(15)20(3)13-16(18)14-9-5-4-6-10-14/h4-13H,1-3H3/q+1. The van der Waals surface area contributed by atoms with Crippen LogP contribution in [-0.2, 0) is 7.05 Å². The van der Waals surface area contributed by atoms with Gasteiger partial charge < -0.3 is 4.90 Å². The Bertz CT molecular complexity index is 746. The zero-order valence-electron chi connectivity index (χ0n) is 12.2. The quantitative estimate of drug-likeness (QED) is 0.643. The predicted molar refractivity (Wildman–Crippen MR) is 84.9 cm³/mol. The Hall–Kier alpha value is -2.35. The molecule has 100 valence electrons. The number of rotatable bonds is 2. The molecule has 3 aromatic rings. The normalized spacial score (nSPS) is 10.8. The number of nitrogens with zero attached hydrogens (tertiary/aromatic N) is 2. The highest BCUT2D eigenvalue weighted by atomic mass is 15.1. The molecule has 0 aliphatic heterocycles. The Morgan fingerprint density at radius 1 is 0.850 bits per heavy atom. The van der Waals surface area contributed by atoms with Crippen LogP contribution in [0.1, 0.15) is 0 Å². The number of fused-ring (bicyclic) bond motifs is 1. The van der Waals surface area contributed by atoms with Crippen molar-refractivity contribution in [1.82, 2.24) is 0 Å². The number of benzene rings is 2. The number of hydrogen-bond donors (Lipinski definition) is 0. The summed E-state index contributed by atoms with van der Waals surface area (Å²) in [7, 11) is 6.32. The van der Waals surface area contributed by atoms with E-state index in [0.29, 0.717) is 0 Å². The molecule has 3 rings (SSSR count). The topological polar surface area (TPSA) is 7.12 Å². The smallest absolute Gasteiger partial charge is 0.214 e. The lowest BCUT2D eigenvalue weighted by Crippen LogP contribution is -2.30. The van der Waals surface area contributed by atoms with E-state index in [2.05, 4.69) is 91.4 Å². The molecule has 1 aromatic heterocycles. The van der Waals surface area contributed by atoms with Crippen LogP contribution in [0.25, 0.3) is 22.0 Å². The van der Waals surface area contributed by atoms with Crippen molar-refractivity contribution in [2.45, 2.75) is 0 Å². The average Bonchev–Trinajstić information content (AvgIpc) is 2.47. The van der Waals surface area contributed by atoms with E-state index >= 15 is 0 Å². The molecule has 2 heteroatoms. The van der Waals surface area contributed by atoms with Crippen molar-refractivity contribution in [2.75, 3.05) is 19.0 Å². The summed E-state index contributed by atoms with van der Waals surface area (Å²) in [5, 5.41) is 1.28. The van der Waals surface area contributed by atoms with Crippen LogP contribution in [0.15, 0.2) is 60.8 Å². The molecule has 0 spiro atoms. The van der Waals surface area contributed by atoms with E-state index in [9.17, 15) is 0 Å². The third kappa shape index (κ3) is 2.03. The van der Waals surface area contributed by atoms with Gasteiger partial charge in [-0.15, -0.1) is 0 Å². The predicted octanol–water partition coefficient (Wildman–Crippen LogP) is 3.40. The van der Waals surface area contributed by atoms with Gasteiger partial charge in [0.25, 0.3) is 0 Å². The average molecular weight is 263 g/mol. The summed E-state index contributed by atoms with van der Waals surface area (Å²) in [5.41, 5.74) is 5.02. The zero-order valence-corrected chi connectivity index (χ0v) is 12.2. The lowest BCUT2D eigenvalue weighted by molar-refractivity contribution is -0.644. The second-order valence-corrected chi connectivity index (χ2v) is 5.28. The largest absolute Gasteiger partial charge is 0.376 e. The van der Waals surface area contributed by atoms with Gasteiger partial charge in [-0.3, -0.25) is 0 Å². The fraction of sp³-hybridized carbons (Fsp3) is 0.167. The minimum Gasteiger partial charge on any atom is -0.376 e. The second kappa shape index (κ2) is 4.97. The first-order chi connectivity index (χ1) is 9.68. The first-order valence-electron chi connectivity index (χ1n) is 6.82. The number of anilines is 1. The fourth-order valence-electron chi connectivity index (χ4n) is 2.76. The number of pyridine rings is 1. The lowest BCUT2D eigenvalue weighted by Gasteiger charge is -2.18. The molecule has 2 nitrogen and oxygen atoms in total. The number of hydrogen-bond acceptors (Lipinski definition) is 1. The minimum absolute atomic E-state index is 1.25. The van der Waals surface area contributed by atoms with Crippen LogP contribution in [0.2, 0.25) is 0 Å². The Labute approximate surface area is 119 Å². The van der Waals surface area contributed by atoms with Crippen molar-refractivity contribution in [2.24, 2.45) is 7.05 Å². The van der Waals surface area contributed by atoms with E-state index in [4.69, 9.17) is 0 Å². The molecule has 0 fully saturated rings. The second-order valence-electron chi connectivity index (χ2n) is 5.28. The highest BCUT2D eigenvalue weighted by molar-refractivity contribution is 5.97. The fourth-order valence-corrected chi connectivity index (χ4v) is 2.76. The number of aryl methyl sites for hydroxylation is 1. The maximum atomic E-state index is 2.22. The van der Waals surface area contributed by atoms with Gasteiger partial charge in [0.2, 0.25) is 5.52 Å². The van der Waals surface area contributed by atoms with Crippen molar-refractivity contribution >= 4 is 16.6 Å². The summed E-state index contributed by atoms with van der Waals surface area (Å²) >= 11 is 0. The molecule has 0 saturated carbocycles. The van der Waals surface area contributed by atoms with Gasteiger partial charge >= 0.3 is 0 Å². The molecule has 0 aliphatic rings. The number of para-hydroxylation sites is 1. The maximum absolute atomic E-state index is 2.22. The minimum atomic E-state index is 1.25. The van der Waals surface area contributed by atoms with E-state index in [1.54, 1.807) is 0 Å². The Balaban J connectivity index is 2.40. The summed E-state index contributed by atoms with van der Waals surface area (Å²) in [6.45, 7) is 0. The molecule has 0 amide bonds. The highest BCUT2D eigenvalue weighted by Gasteiger charge is 2.18. The van der Waals surface area contributed by atoms with E-state index in [1.165, 1.54) is 27.7 Å². The molecule has 20 heavy (non-hydrogen) atoms. The third-order valence-electron chi connectivity index (χ3n) is 3.65. The van der Waals surface area contributed by atoms with Gasteiger partial charge in [0.1, 0.15) is 7.05 Å². The van der Waals surface area contributed by atoms with Gasteiger partial charge in [-0.25, -0.2) is 4.57 Å². The highest BCUT2D eigenvalue weighted by Crippen LogP contribution is 2.34. The molecule has 2 aromatic carbocycles. The zero-order chi connectivity index (χ0) is 14.1. The van der Waals surface area contributed by atoms with Gasteiger partial charge in [-0.1, -0.05) is 42.5 Å². The van der Waals surface area contributed by atoms with Crippen molar-refractivity contribution in [1.29, 1.82) is 0 Å². The molecule has 0 aliphatic carbocycles. The van der Waals surface area contributed by atoms with Crippen LogP contribution in [0.3, 0.4) is 0 Å². The van der Waals surface area contributed by atoms with Gasteiger partial charge in [0.15, 0.2) is 6.20 Å². The third-order valence-corrected chi connectivity index (χ3v) is 3.65. The van der Waals surface area contributed by atoms with Crippen molar-refractivity contribution in [3.63, 3.8) is 0 Å². The Kier molecular flexibility index (Phi) is 3.15. The van der Waals surface area contributed by atoms with Crippen molar-refractivity contribution < 1.29 is 4.57 Å². The molecule has 0 radical (unpaired) electrons. The van der Waals surface area contributed by atoms with E-state index in [0.717, 1.165) is 0 Å². The molecule has 1 heterocycles. The SMILES string of the molecule is CN(C)c1c(-c2ccccc2)c[n+](C)c2ccccc12. The van der Waals surface area contributed by atoms with Crippen LogP contribution >= 0.6 is 0 Å². The van der Waals surface area contributed by atoms with Gasteiger partial charge in [-0.2, -0.15) is 0 Å². The van der Waals surface area contributed by atoms with Crippen LogP contribution in [0.4, 0.5) is 5.69 Å². The summed E-state index contributed by atoms with van der Waals surface area (Å²) < 4.78 is 2.20. The molecule has 0 bridgehead atoms. The van der Waals surface area contributed by atoms with Gasteiger partial charge in [0.05, 0.1) is 16.6 Å². The van der Waals surface area contributed by atoms with E-state index < -0.39 is 0 Å². The first-order valence-corrected chi connectivity index (χ1v) is 6.82. The van der Waals surface area contributed by atoms with E-state index in [1.807, 2.05) is 0 Å². The van der Waals surface area contributed by atoms with Crippen molar-refractivity contribution in [3.8, 4) is 11.1 Å². The Morgan fingerprint density at radius 2 is 1.50 bits per heavy atom. The van der Waals surface area contributed by atoms with E-state index in [-0.39, 0.29) is 0 Å². The molecule has 0 saturated heterocycles. The molecule has 0 atom stereocenters. The van der Waals surface area contributed by atoms with Crippen molar-refractivity contribution in [3.05, 3.63) is 60.8 Å². The molecular weight excluding hydrogens is 244 g/mol. The van der Waals surface area contributed by atoms with Crippen LogP contribution in [0.5, 0.6) is 0 Å². The monoisotopic (exact) mass is 263 g/mol. The summed E-state index contributed by atoms with van der Waals surface area (Å²) in [6.07, 6.45) is 2.22. The molecule has 0 N–H and O–H groups in total. The van der Waals surface area contributed by atoms with Gasteiger partial charge in [0, 0.05) is 20.2 Å². The first kappa shape index (κ1) is 12.7. The summed E-state index contributed by atoms with van der Waals surface area (Å²) in [5.74, 6) is 0. The van der Waals surface area contributed by atoms with Crippen LogP contribution in [0, 0.1) is 0 Å². The summed E-state index contributed by atoms with van der Waals surface area (Å²) in [6, 6.07) is 19.1. The lowest BCUT2D eigenvalue weighted by atomic mass is 10.0. The maximum Gasteiger partial charge on any atom is 0.214 e. The van der Waals surface area contributed by atoms with Crippen LogP contribution in [-0.4, -0.2) is 14.1 Å². The summed E-state index contributed by atoms with van der Waals surface area (Å²) in [4.78, 5) is 2.20. The van der Waals surface area contributed by atoms with Crippen LogP contribution < -0.4 is 9.47 Å². The Morgan fingerprint density at radius 3 is 2.20 bits per heavy atom. The number of aromatic nitrogens is 1.